The van der Waals surface area contributed by atoms with Crippen molar-refractivity contribution in [2.75, 3.05) is 0 Å². The molecule has 140 valence electrons. The number of aliphatic carboxylic acids is 4. The number of aromatic carboxylic acids is 1. The van der Waals surface area contributed by atoms with Gasteiger partial charge in [-0.15, -0.1) is 0 Å². The van der Waals surface area contributed by atoms with Crippen LogP contribution >= 0.6 is 0 Å². The van der Waals surface area contributed by atoms with Gasteiger partial charge in [0.1, 0.15) is 11.3 Å². The molecule has 1 rings (SSSR count). The minimum atomic E-state index is -1.26. The van der Waals surface area contributed by atoms with Gasteiger partial charge in [0.05, 0.1) is 0 Å². The van der Waals surface area contributed by atoms with E-state index in [9.17, 15) is 24.0 Å². The third-order valence-electron chi connectivity index (χ3n) is 1.87. The number of para-hydroxylation sites is 1. The first-order valence-electron chi connectivity index (χ1n) is 6.26. The summed E-state index contributed by atoms with van der Waals surface area (Å²) in [5, 5.41) is 48.6. The van der Waals surface area contributed by atoms with Crippen molar-refractivity contribution in [3.63, 3.8) is 0 Å². The lowest BCUT2D eigenvalue weighted by atomic mass is 10.2. The van der Waals surface area contributed by atoms with E-state index in [2.05, 4.69) is 0 Å². The Morgan fingerprint density at radius 3 is 1.12 bits per heavy atom. The zero-order valence-corrected chi connectivity index (χ0v) is 12.8. The molecular formula is C15H14O11. The van der Waals surface area contributed by atoms with Gasteiger partial charge in [-0.1, -0.05) is 12.1 Å². The SMILES string of the molecule is O=C(O)/C=C\C(=O)O.O=C(O)/C=C\C(=O)O.O=C(O)c1ccccc1O. The lowest BCUT2D eigenvalue weighted by Crippen LogP contribution is -1.95. The standard InChI is InChI=1S/C7H6O3.2C4H4O4/c8-6-4-2-1-3-5(6)7(9)10;2*5-3(6)1-2-4(7)8/h1-4,8H,(H,9,10);2*1-2H,(H,5,6)(H,7,8)/b;2*2-1-. The molecule has 0 aromatic heterocycles. The second-order valence-electron chi connectivity index (χ2n) is 3.84. The minimum Gasteiger partial charge on any atom is -0.507 e. The zero-order chi connectivity index (χ0) is 20.7. The number of benzene rings is 1. The number of carboxylic acids is 5. The number of carbonyl (C=O) groups is 5. The van der Waals surface area contributed by atoms with E-state index in [1.807, 2.05) is 0 Å². The van der Waals surface area contributed by atoms with Crippen LogP contribution in [0.4, 0.5) is 0 Å². The first kappa shape index (κ1) is 24.1. The Morgan fingerprint density at radius 1 is 0.615 bits per heavy atom. The second-order valence-corrected chi connectivity index (χ2v) is 3.84. The molecule has 1 aromatic carbocycles. The highest BCUT2D eigenvalue weighted by Crippen LogP contribution is 2.14. The Balaban J connectivity index is 0. The molecule has 6 N–H and O–H groups in total. The molecule has 26 heavy (non-hydrogen) atoms. The van der Waals surface area contributed by atoms with Crippen LogP contribution in [0.15, 0.2) is 48.6 Å². The molecule has 0 saturated heterocycles. The Bertz CT molecular complexity index is 650. The number of aromatic hydroxyl groups is 1. The van der Waals surface area contributed by atoms with Crippen LogP contribution in [0, 0.1) is 0 Å². The highest BCUT2D eigenvalue weighted by atomic mass is 16.4. The van der Waals surface area contributed by atoms with Gasteiger partial charge in [-0.2, -0.15) is 0 Å². The molecule has 0 fully saturated rings. The summed E-state index contributed by atoms with van der Waals surface area (Å²) in [5.74, 6) is -6.34. The Kier molecular flexibility index (Phi) is 12.3. The molecule has 0 aliphatic carbocycles. The highest BCUT2D eigenvalue weighted by molar-refractivity contribution is 5.91. The number of carboxylic acid groups (broad SMARTS) is 5. The molecule has 0 aliphatic heterocycles. The van der Waals surface area contributed by atoms with E-state index in [-0.39, 0.29) is 11.3 Å². The molecule has 0 atom stereocenters. The summed E-state index contributed by atoms with van der Waals surface area (Å²) in [6.45, 7) is 0. The van der Waals surface area contributed by atoms with Crippen molar-refractivity contribution in [3.8, 4) is 5.75 Å². The molecule has 0 heterocycles. The summed E-state index contributed by atoms with van der Waals surface area (Å²) in [7, 11) is 0. The third-order valence-corrected chi connectivity index (χ3v) is 1.87. The first-order chi connectivity index (χ1) is 12.0. The fraction of sp³-hybridized carbons (Fsp3) is 0. The molecule has 11 nitrogen and oxygen atoms in total. The van der Waals surface area contributed by atoms with Gasteiger partial charge in [-0.05, 0) is 12.1 Å². The van der Waals surface area contributed by atoms with Crippen LogP contribution in [0.2, 0.25) is 0 Å². The predicted molar refractivity (Wildman–Crippen MR) is 83.9 cm³/mol. The molecule has 11 heteroatoms. The number of hydrogen-bond acceptors (Lipinski definition) is 6. The van der Waals surface area contributed by atoms with Crippen LogP contribution < -0.4 is 0 Å². The van der Waals surface area contributed by atoms with Crippen molar-refractivity contribution in [3.05, 3.63) is 54.1 Å². The summed E-state index contributed by atoms with van der Waals surface area (Å²) in [4.78, 5) is 48.5. The van der Waals surface area contributed by atoms with Crippen LogP contribution in [0.3, 0.4) is 0 Å². The summed E-state index contributed by atoms with van der Waals surface area (Å²) in [5.41, 5.74) is -0.0671. The van der Waals surface area contributed by atoms with Gasteiger partial charge in [-0.25, -0.2) is 24.0 Å². The van der Waals surface area contributed by atoms with E-state index in [0.717, 1.165) is 0 Å². The van der Waals surface area contributed by atoms with Crippen LogP contribution in [0.5, 0.6) is 5.75 Å². The Labute approximate surface area is 145 Å². The maximum atomic E-state index is 10.3. The molecule has 0 bridgehead atoms. The van der Waals surface area contributed by atoms with Crippen molar-refractivity contribution in [1.82, 2.24) is 0 Å². The van der Waals surface area contributed by atoms with Crippen molar-refractivity contribution < 1.29 is 54.6 Å². The summed E-state index contributed by atoms with van der Waals surface area (Å²) in [6, 6.07) is 5.81. The fourth-order valence-electron chi connectivity index (χ4n) is 0.940. The van der Waals surface area contributed by atoms with Gasteiger partial charge >= 0.3 is 29.8 Å². The molecule has 0 spiro atoms. The van der Waals surface area contributed by atoms with Crippen molar-refractivity contribution in [2.24, 2.45) is 0 Å². The van der Waals surface area contributed by atoms with Crippen LogP contribution in [-0.2, 0) is 19.2 Å². The molecule has 1 aromatic rings. The predicted octanol–water partition coefficient (Wildman–Crippen LogP) is 0.514. The van der Waals surface area contributed by atoms with E-state index in [1.54, 1.807) is 12.1 Å². The van der Waals surface area contributed by atoms with Gasteiger partial charge in [0.2, 0.25) is 0 Å². The van der Waals surface area contributed by atoms with Gasteiger partial charge in [0, 0.05) is 24.3 Å². The monoisotopic (exact) mass is 370 g/mol. The Hall–Kier alpha value is -4.15. The van der Waals surface area contributed by atoms with Crippen molar-refractivity contribution >= 4 is 29.8 Å². The zero-order valence-electron chi connectivity index (χ0n) is 12.8. The molecule has 0 unspecified atom stereocenters. The van der Waals surface area contributed by atoms with E-state index in [0.29, 0.717) is 24.3 Å². The lowest BCUT2D eigenvalue weighted by Gasteiger charge is -1.95. The van der Waals surface area contributed by atoms with Gasteiger partial charge in [0.15, 0.2) is 0 Å². The normalized spacial score (nSPS) is 9.38. The van der Waals surface area contributed by atoms with Gasteiger partial charge in [0.25, 0.3) is 0 Å². The van der Waals surface area contributed by atoms with Gasteiger partial charge in [-0.3, -0.25) is 0 Å². The average molecular weight is 370 g/mol. The van der Waals surface area contributed by atoms with Crippen molar-refractivity contribution in [1.29, 1.82) is 0 Å². The molecule has 0 radical (unpaired) electrons. The smallest absolute Gasteiger partial charge is 0.339 e. The summed E-state index contributed by atoms with van der Waals surface area (Å²) < 4.78 is 0. The van der Waals surface area contributed by atoms with Crippen LogP contribution in [0.25, 0.3) is 0 Å². The molecule has 0 amide bonds. The fourth-order valence-corrected chi connectivity index (χ4v) is 0.940. The minimum absolute atomic E-state index is 0.0671. The lowest BCUT2D eigenvalue weighted by molar-refractivity contribution is -0.134. The topological polar surface area (TPSA) is 207 Å². The molecule has 0 saturated carbocycles. The second kappa shape index (κ2) is 13.3. The highest BCUT2D eigenvalue weighted by Gasteiger charge is 2.05. The molecule has 0 aliphatic rings. The van der Waals surface area contributed by atoms with Crippen LogP contribution in [-0.4, -0.2) is 60.5 Å². The average Bonchev–Trinajstić information content (AvgIpc) is 2.52. The van der Waals surface area contributed by atoms with E-state index < -0.39 is 29.8 Å². The van der Waals surface area contributed by atoms with Crippen molar-refractivity contribution in [2.45, 2.75) is 0 Å². The largest absolute Gasteiger partial charge is 0.507 e. The van der Waals surface area contributed by atoms with E-state index in [4.69, 9.17) is 30.6 Å². The third kappa shape index (κ3) is 16.2. The number of hydrogen-bond donors (Lipinski definition) is 6. The summed E-state index contributed by atoms with van der Waals surface area (Å²) in [6.07, 6.45) is 2.23. The van der Waals surface area contributed by atoms with Gasteiger partial charge < -0.3 is 30.6 Å². The Morgan fingerprint density at radius 2 is 0.923 bits per heavy atom. The van der Waals surface area contributed by atoms with Crippen LogP contribution in [0.1, 0.15) is 10.4 Å². The molecular weight excluding hydrogens is 356 g/mol. The number of phenols is 1. The maximum Gasteiger partial charge on any atom is 0.339 e. The quantitative estimate of drug-likeness (QED) is 0.393. The first-order valence-corrected chi connectivity index (χ1v) is 6.26. The van der Waals surface area contributed by atoms with E-state index in [1.165, 1.54) is 12.1 Å². The summed E-state index contributed by atoms with van der Waals surface area (Å²) >= 11 is 0. The van der Waals surface area contributed by atoms with E-state index >= 15 is 0 Å². The number of rotatable bonds is 5. The maximum absolute atomic E-state index is 10.3.